The van der Waals surface area contributed by atoms with Crippen LogP contribution in [0.15, 0.2) is 88.0 Å². The van der Waals surface area contributed by atoms with E-state index in [-0.39, 0.29) is 5.91 Å². The van der Waals surface area contributed by atoms with Crippen molar-refractivity contribution >= 4 is 51.0 Å². The van der Waals surface area contributed by atoms with Crippen LogP contribution in [-0.2, 0) is 4.79 Å². The van der Waals surface area contributed by atoms with Crippen molar-refractivity contribution in [3.8, 4) is 0 Å². The van der Waals surface area contributed by atoms with Crippen LogP contribution in [0.25, 0.3) is 6.08 Å². The Labute approximate surface area is 177 Å². The molecular weight excluding hydrogens is 436 g/mol. The lowest BCUT2D eigenvalue weighted by molar-refractivity contribution is -0.113. The van der Waals surface area contributed by atoms with Gasteiger partial charge in [-0.1, -0.05) is 69.5 Å². The van der Waals surface area contributed by atoms with E-state index in [1.807, 2.05) is 73.7 Å². The van der Waals surface area contributed by atoms with E-state index >= 15 is 0 Å². The van der Waals surface area contributed by atoms with Gasteiger partial charge in [-0.3, -0.25) is 9.69 Å². The summed E-state index contributed by atoms with van der Waals surface area (Å²) in [7, 11) is 0. The molecule has 0 saturated carbocycles. The largest absolute Gasteiger partial charge is 0.282 e. The van der Waals surface area contributed by atoms with Crippen LogP contribution < -0.4 is 4.90 Å². The standard InChI is InChI=1S/C23H16BrClN2O/c1-15-6-12-18(13-7-15)27-22(19-4-2-3-5-20(19)25)26-21(23(27)28)14-16-8-10-17(24)11-9-16/h2-14H,1H3/b21-14+. The number of rotatable bonds is 3. The second-order valence-corrected chi connectivity index (χ2v) is 7.80. The fourth-order valence-corrected chi connectivity index (χ4v) is 3.47. The van der Waals surface area contributed by atoms with E-state index in [4.69, 9.17) is 11.6 Å². The third kappa shape index (κ3) is 3.66. The van der Waals surface area contributed by atoms with Gasteiger partial charge in [0.05, 0.1) is 10.7 Å². The van der Waals surface area contributed by atoms with Crippen molar-refractivity contribution in [2.75, 3.05) is 4.90 Å². The third-order valence-corrected chi connectivity index (χ3v) is 5.30. The molecule has 1 amide bonds. The molecule has 0 N–H and O–H groups in total. The predicted molar refractivity (Wildman–Crippen MR) is 119 cm³/mol. The fourth-order valence-electron chi connectivity index (χ4n) is 2.99. The van der Waals surface area contributed by atoms with Crippen molar-refractivity contribution in [1.82, 2.24) is 0 Å². The van der Waals surface area contributed by atoms with Gasteiger partial charge < -0.3 is 0 Å². The number of hydrogen-bond acceptors (Lipinski definition) is 2. The number of nitrogens with zero attached hydrogens (tertiary/aromatic N) is 2. The van der Waals surface area contributed by atoms with Gasteiger partial charge in [0.1, 0.15) is 11.5 Å². The van der Waals surface area contributed by atoms with Crippen molar-refractivity contribution in [3.63, 3.8) is 0 Å². The maximum absolute atomic E-state index is 13.2. The second-order valence-electron chi connectivity index (χ2n) is 6.47. The Bertz CT molecular complexity index is 1100. The Balaban J connectivity index is 1.84. The lowest BCUT2D eigenvalue weighted by atomic mass is 10.1. The molecule has 0 atom stereocenters. The predicted octanol–water partition coefficient (Wildman–Crippen LogP) is 6.25. The molecule has 0 spiro atoms. The molecule has 0 aromatic heterocycles. The van der Waals surface area contributed by atoms with Crippen LogP contribution in [0.3, 0.4) is 0 Å². The highest BCUT2D eigenvalue weighted by molar-refractivity contribution is 9.10. The monoisotopic (exact) mass is 450 g/mol. The fraction of sp³-hybridized carbons (Fsp3) is 0.0435. The van der Waals surface area contributed by atoms with Gasteiger partial charge in [-0.25, -0.2) is 4.99 Å². The van der Waals surface area contributed by atoms with Crippen molar-refractivity contribution in [3.05, 3.63) is 105 Å². The summed E-state index contributed by atoms with van der Waals surface area (Å²) < 4.78 is 0.980. The summed E-state index contributed by atoms with van der Waals surface area (Å²) in [6, 6.07) is 22.9. The van der Waals surface area contributed by atoms with Crippen molar-refractivity contribution in [2.24, 2.45) is 4.99 Å². The number of anilines is 1. The summed E-state index contributed by atoms with van der Waals surface area (Å²) in [5.41, 5.74) is 3.88. The average Bonchev–Trinajstić information content (AvgIpc) is 3.01. The number of hydrogen-bond donors (Lipinski definition) is 0. The molecule has 5 heteroatoms. The van der Waals surface area contributed by atoms with Crippen LogP contribution in [0.2, 0.25) is 5.02 Å². The first kappa shape index (κ1) is 18.7. The van der Waals surface area contributed by atoms with Gasteiger partial charge in [0, 0.05) is 10.0 Å². The molecule has 4 rings (SSSR count). The molecule has 28 heavy (non-hydrogen) atoms. The molecule has 0 aliphatic carbocycles. The molecule has 1 aliphatic rings. The maximum atomic E-state index is 13.2. The topological polar surface area (TPSA) is 32.7 Å². The summed E-state index contributed by atoms with van der Waals surface area (Å²) in [4.78, 5) is 19.5. The first-order valence-corrected chi connectivity index (χ1v) is 9.92. The van der Waals surface area contributed by atoms with Gasteiger partial charge in [0.25, 0.3) is 5.91 Å². The van der Waals surface area contributed by atoms with Gasteiger partial charge in [0.2, 0.25) is 0 Å². The molecule has 0 bridgehead atoms. The molecular formula is C23H16BrClN2O. The summed E-state index contributed by atoms with van der Waals surface area (Å²) in [6.07, 6.45) is 1.79. The summed E-state index contributed by atoms with van der Waals surface area (Å²) >= 11 is 9.84. The highest BCUT2D eigenvalue weighted by Crippen LogP contribution is 2.30. The molecule has 0 fully saturated rings. The number of benzene rings is 3. The van der Waals surface area contributed by atoms with Gasteiger partial charge in [-0.15, -0.1) is 0 Å². The Morgan fingerprint density at radius 3 is 2.32 bits per heavy atom. The Kier molecular flexibility index (Phi) is 5.16. The lowest BCUT2D eigenvalue weighted by Gasteiger charge is -2.19. The molecule has 1 aliphatic heterocycles. The average molecular weight is 452 g/mol. The second kappa shape index (κ2) is 7.74. The first-order valence-electron chi connectivity index (χ1n) is 8.75. The van der Waals surface area contributed by atoms with E-state index in [1.54, 1.807) is 17.0 Å². The molecule has 3 aromatic carbocycles. The zero-order valence-corrected chi connectivity index (χ0v) is 17.4. The smallest absolute Gasteiger partial charge is 0.266 e. The van der Waals surface area contributed by atoms with Gasteiger partial charge in [-0.2, -0.15) is 0 Å². The molecule has 0 saturated heterocycles. The lowest BCUT2D eigenvalue weighted by Crippen LogP contribution is -2.32. The zero-order chi connectivity index (χ0) is 19.7. The number of amidine groups is 1. The summed E-state index contributed by atoms with van der Waals surface area (Å²) in [5.74, 6) is 0.351. The van der Waals surface area contributed by atoms with E-state index in [1.165, 1.54) is 0 Å². The number of aliphatic imine (C=N–C) groups is 1. The molecule has 138 valence electrons. The number of halogens is 2. The normalized spacial score (nSPS) is 15.2. The molecule has 0 radical (unpaired) electrons. The minimum Gasteiger partial charge on any atom is -0.266 e. The van der Waals surface area contributed by atoms with Crippen molar-refractivity contribution in [1.29, 1.82) is 0 Å². The van der Waals surface area contributed by atoms with E-state index in [0.717, 1.165) is 26.9 Å². The van der Waals surface area contributed by atoms with Crippen LogP contribution in [0.1, 0.15) is 16.7 Å². The van der Waals surface area contributed by atoms with Crippen LogP contribution in [-0.4, -0.2) is 11.7 Å². The highest BCUT2D eigenvalue weighted by atomic mass is 79.9. The van der Waals surface area contributed by atoms with Crippen LogP contribution in [0.5, 0.6) is 0 Å². The van der Waals surface area contributed by atoms with E-state index in [9.17, 15) is 4.79 Å². The number of aryl methyl sites for hydroxylation is 1. The Hall–Kier alpha value is -2.69. The van der Waals surface area contributed by atoms with Crippen LogP contribution in [0, 0.1) is 6.92 Å². The van der Waals surface area contributed by atoms with Gasteiger partial charge >= 0.3 is 0 Å². The Morgan fingerprint density at radius 1 is 0.964 bits per heavy atom. The SMILES string of the molecule is Cc1ccc(N2C(=O)/C(=C\c3ccc(Br)cc3)N=C2c2ccccc2Cl)cc1. The third-order valence-electron chi connectivity index (χ3n) is 4.44. The van der Waals surface area contributed by atoms with Crippen LogP contribution in [0.4, 0.5) is 5.69 Å². The van der Waals surface area contributed by atoms with E-state index < -0.39 is 0 Å². The molecule has 1 heterocycles. The van der Waals surface area contributed by atoms with Gasteiger partial charge in [0.15, 0.2) is 0 Å². The minimum absolute atomic E-state index is 0.179. The van der Waals surface area contributed by atoms with Gasteiger partial charge in [-0.05, 0) is 55.0 Å². The molecule has 0 unspecified atom stereocenters. The first-order chi connectivity index (χ1) is 13.5. The van der Waals surface area contributed by atoms with E-state index in [2.05, 4.69) is 20.9 Å². The number of amides is 1. The molecule has 3 nitrogen and oxygen atoms in total. The van der Waals surface area contributed by atoms with E-state index in [0.29, 0.717) is 16.6 Å². The maximum Gasteiger partial charge on any atom is 0.282 e. The zero-order valence-electron chi connectivity index (χ0n) is 15.1. The van der Waals surface area contributed by atoms with Crippen molar-refractivity contribution < 1.29 is 4.79 Å². The summed E-state index contributed by atoms with van der Waals surface area (Å²) in [6.45, 7) is 2.01. The minimum atomic E-state index is -0.179. The Morgan fingerprint density at radius 2 is 1.64 bits per heavy atom. The highest BCUT2D eigenvalue weighted by Gasteiger charge is 2.33. The van der Waals surface area contributed by atoms with Crippen LogP contribution >= 0.6 is 27.5 Å². The molecule has 3 aromatic rings. The number of carbonyl (C=O) groups is 1. The quantitative estimate of drug-likeness (QED) is 0.433. The van der Waals surface area contributed by atoms with Crippen molar-refractivity contribution in [2.45, 2.75) is 6.92 Å². The number of carbonyl (C=O) groups excluding carboxylic acids is 1. The summed E-state index contributed by atoms with van der Waals surface area (Å²) in [5, 5.41) is 0.552.